The van der Waals surface area contributed by atoms with Gasteiger partial charge in [-0.1, -0.05) is 18.2 Å². The van der Waals surface area contributed by atoms with Gasteiger partial charge in [-0.05, 0) is 31.4 Å². The summed E-state index contributed by atoms with van der Waals surface area (Å²) in [5, 5.41) is 3.31. The molecule has 2 rings (SSSR count). The van der Waals surface area contributed by atoms with E-state index in [9.17, 15) is 4.79 Å². The number of amides is 1. The summed E-state index contributed by atoms with van der Waals surface area (Å²) < 4.78 is 0. The number of rotatable bonds is 1. The number of carbonyl (C=O) groups excluding carboxylic acids is 1. The van der Waals surface area contributed by atoms with E-state index in [4.69, 9.17) is 12.2 Å². The monoisotopic (exact) mass is 263 g/mol. The molecule has 0 atom stereocenters. The summed E-state index contributed by atoms with van der Waals surface area (Å²) in [5.74, 6) is -0.139. The Bertz CT molecular complexity index is 427. The van der Waals surface area contributed by atoms with E-state index in [1.165, 1.54) is 0 Å². The van der Waals surface area contributed by atoms with Crippen LogP contribution in [0.5, 0.6) is 0 Å². The highest BCUT2D eigenvalue weighted by molar-refractivity contribution is 7.80. The molecule has 0 spiro atoms. The van der Waals surface area contributed by atoms with Gasteiger partial charge in [0.25, 0.3) is 5.91 Å². The Hall–Kier alpha value is -1.46. The third kappa shape index (κ3) is 3.27. The molecule has 18 heavy (non-hydrogen) atoms. The quantitative estimate of drug-likeness (QED) is 0.765. The number of nitrogens with one attached hydrogen (secondary N) is 1. The highest BCUT2D eigenvalue weighted by atomic mass is 32.1. The fourth-order valence-corrected chi connectivity index (χ4v) is 2.12. The van der Waals surface area contributed by atoms with Crippen LogP contribution in [-0.2, 0) is 0 Å². The van der Waals surface area contributed by atoms with Gasteiger partial charge in [0, 0.05) is 31.7 Å². The molecule has 0 aliphatic carbocycles. The lowest BCUT2D eigenvalue weighted by molar-refractivity contribution is 0.0970. The molecule has 96 valence electrons. The smallest absolute Gasteiger partial charge is 0.257 e. The molecule has 1 aromatic rings. The zero-order valence-electron chi connectivity index (χ0n) is 10.4. The average Bonchev–Trinajstić information content (AvgIpc) is 2.40. The SMILES string of the molecule is CN1CCN(C(=S)NC(=O)c2ccccc2)CC1. The Labute approximate surface area is 113 Å². The van der Waals surface area contributed by atoms with Crippen molar-refractivity contribution in [3.63, 3.8) is 0 Å². The molecule has 1 aromatic carbocycles. The number of benzene rings is 1. The molecule has 4 nitrogen and oxygen atoms in total. The van der Waals surface area contributed by atoms with Crippen LogP contribution in [0.1, 0.15) is 10.4 Å². The van der Waals surface area contributed by atoms with Crippen LogP contribution >= 0.6 is 12.2 Å². The van der Waals surface area contributed by atoms with E-state index in [-0.39, 0.29) is 5.91 Å². The van der Waals surface area contributed by atoms with Crippen molar-refractivity contribution in [2.24, 2.45) is 0 Å². The van der Waals surface area contributed by atoms with Crippen LogP contribution in [0.2, 0.25) is 0 Å². The second-order valence-corrected chi connectivity index (χ2v) is 4.80. The van der Waals surface area contributed by atoms with E-state index in [2.05, 4.69) is 17.3 Å². The van der Waals surface area contributed by atoms with Gasteiger partial charge in [-0.2, -0.15) is 0 Å². The molecule has 0 bridgehead atoms. The van der Waals surface area contributed by atoms with E-state index in [0.717, 1.165) is 26.2 Å². The fraction of sp³-hybridized carbons (Fsp3) is 0.385. The lowest BCUT2D eigenvalue weighted by Crippen LogP contribution is -2.51. The summed E-state index contributed by atoms with van der Waals surface area (Å²) in [5.41, 5.74) is 0.633. The van der Waals surface area contributed by atoms with Crippen molar-refractivity contribution in [1.29, 1.82) is 0 Å². The number of hydrogen-bond donors (Lipinski definition) is 1. The summed E-state index contributed by atoms with van der Waals surface area (Å²) in [6, 6.07) is 9.13. The largest absolute Gasteiger partial charge is 0.346 e. The first-order valence-electron chi connectivity index (χ1n) is 6.00. The van der Waals surface area contributed by atoms with Crippen LogP contribution in [0.3, 0.4) is 0 Å². The predicted octanol–water partition coefficient (Wildman–Crippen LogP) is 0.949. The molecule has 0 aromatic heterocycles. The number of carbonyl (C=O) groups is 1. The average molecular weight is 263 g/mol. The van der Waals surface area contributed by atoms with Crippen LogP contribution in [0.4, 0.5) is 0 Å². The maximum atomic E-state index is 11.9. The minimum atomic E-state index is -0.139. The lowest BCUT2D eigenvalue weighted by Gasteiger charge is -2.33. The maximum Gasteiger partial charge on any atom is 0.257 e. The molecule has 0 saturated carbocycles. The van der Waals surface area contributed by atoms with Gasteiger partial charge in [-0.3, -0.25) is 10.1 Å². The van der Waals surface area contributed by atoms with Gasteiger partial charge in [0.15, 0.2) is 5.11 Å². The second kappa shape index (κ2) is 5.93. The predicted molar refractivity (Wildman–Crippen MR) is 75.6 cm³/mol. The van der Waals surface area contributed by atoms with Gasteiger partial charge in [-0.25, -0.2) is 0 Å². The molecule has 1 amide bonds. The molecular formula is C13H17N3OS. The van der Waals surface area contributed by atoms with Gasteiger partial charge in [0.05, 0.1) is 0 Å². The topological polar surface area (TPSA) is 35.6 Å². The normalized spacial score (nSPS) is 16.4. The minimum Gasteiger partial charge on any atom is -0.346 e. The Morgan fingerprint density at radius 3 is 2.39 bits per heavy atom. The molecule has 0 unspecified atom stereocenters. The molecule has 1 heterocycles. The molecule has 1 aliphatic rings. The molecule has 0 radical (unpaired) electrons. The van der Waals surface area contributed by atoms with Crippen molar-refractivity contribution in [3.05, 3.63) is 35.9 Å². The lowest BCUT2D eigenvalue weighted by atomic mass is 10.2. The second-order valence-electron chi connectivity index (χ2n) is 4.42. The van der Waals surface area contributed by atoms with Crippen molar-refractivity contribution in [3.8, 4) is 0 Å². The van der Waals surface area contributed by atoms with Crippen molar-refractivity contribution in [1.82, 2.24) is 15.1 Å². The number of thiocarbonyl (C=S) groups is 1. The number of piperazine rings is 1. The zero-order valence-corrected chi connectivity index (χ0v) is 11.2. The summed E-state index contributed by atoms with van der Waals surface area (Å²) in [4.78, 5) is 16.2. The van der Waals surface area contributed by atoms with Crippen molar-refractivity contribution >= 4 is 23.2 Å². The fourth-order valence-electron chi connectivity index (χ4n) is 1.85. The van der Waals surface area contributed by atoms with Crippen molar-refractivity contribution in [2.75, 3.05) is 33.2 Å². The first-order valence-corrected chi connectivity index (χ1v) is 6.41. The van der Waals surface area contributed by atoms with Crippen LogP contribution < -0.4 is 5.32 Å². The number of likely N-dealkylation sites (N-methyl/N-ethyl adjacent to an activating group) is 1. The van der Waals surface area contributed by atoms with E-state index in [0.29, 0.717) is 10.7 Å². The molecule has 5 heteroatoms. The number of hydrogen-bond acceptors (Lipinski definition) is 3. The van der Waals surface area contributed by atoms with Crippen LogP contribution in [0, 0.1) is 0 Å². The molecular weight excluding hydrogens is 246 g/mol. The van der Waals surface area contributed by atoms with Gasteiger partial charge in [0.1, 0.15) is 0 Å². The van der Waals surface area contributed by atoms with Gasteiger partial charge in [0.2, 0.25) is 0 Å². The highest BCUT2D eigenvalue weighted by Gasteiger charge is 2.18. The van der Waals surface area contributed by atoms with E-state index in [1.807, 2.05) is 23.1 Å². The molecule has 1 fully saturated rings. The number of nitrogens with zero attached hydrogens (tertiary/aromatic N) is 2. The van der Waals surface area contributed by atoms with Crippen LogP contribution in [0.25, 0.3) is 0 Å². The van der Waals surface area contributed by atoms with Gasteiger partial charge in [-0.15, -0.1) is 0 Å². The minimum absolute atomic E-state index is 0.139. The summed E-state index contributed by atoms with van der Waals surface area (Å²) in [6.07, 6.45) is 0. The summed E-state index contributed by atoms with van der Waals surface area (Å²) in [6.45, 7) is 3.68. The zero-order chi connectivity index (χ0) is 13.0. The van der Waals surface area contributed by atoms with Crippen LogP contribution in [-0.4, -0.2) is 54.0 Å². The van der Waals surface area contributed by atoms with E-state index in [1.54, 1.807) is 12.1 Å². The molecule has 1 aliphatic heterocycles. The van der Waals surface area contributed by atoms with Gasteiger partial charge < -0.3 is 9.80 Å². The third-order valence-corrected chi connectivity index (χ3v) is 3.41. The van der Waals surface area contributed by atoms with E-state index >= 15 is 0 Å². The van der Waals surface area contributed by atoms with Crippen molar-refractivity contribution in [2.45, 2.75) is 0 Å². The Morgan fingerprint density at radius 2 is 1.78 bits per heavy atom. The highest BCUT2D eigenvalue weighted by Crippen LogP contribution is 2.02. The first kappa shape index (κ1) is 13.0. The Morgan fingerprint density at radius 1 is 1.17 bits per heavy atom. The molecule has 1 saturated heterocycles. The molecule has 1 N–H and O–H groups in total. The van der Waals surface area contributed by atoms with E-state index < -0.39 is 0 Å². The summed E-state index contributed by atoms with van der Waals surface area (Å²) in [7, 11) is 2.09. The Balaban J connectivity index is 1.90. The van der Waals surface area contributed by atoms with Crippen molar-refractivity contribution < 1.29 is 4.79 Å². The third-order valence-electron chi connectivity index (χ3n) is 3.05. The van der Waals surface area contributed by atoms with Gasteiger partial charge >= 0.3 is 0 Å². The summed E-state index contributed by atoms with van der Waals surface area (Å²) >= 11 is 5.26. The first-order chi connectivity index (χ1) is 8.66. The Kier molecular flexibility index (Phi) is 4.28. The maximum absolute atomic E-state index is 11.9. The van der Waals surface area contributed by atoms with Crippen LogP contribution in [0.15, 0.2) is 30.3 Å². The standard InChI is InChI=1S/C13H17N3OS/c1-15-7-9-16(10-8-15)13(18)14-12(17)11-5-3-2-4-6-11/h2-6H,7-10H2,1H3,(H,14,17,18).